The van der Waals surface area contributed by atoms with Gasteiger partial charge in [0.15, 0.2) is 0 Å². The maximum atomic E-state index is 11.7. The van der Waals surface area contributed by atoms with Gasteiger partial charge < -0.3 is 15.2 Å². The molecular formula is C11H12N2O4. The van der Waals surface area contributed by atoms with Gasteiger partial charge in [0.05, 0.1) is 18.2 Å². The Kier molecular flexibility index (Phi) is 3.34. The van der Waals surface area contributed by atoms with Gasteiger partial charge in [0.2, 0.25) is 0 Å². The highest BCUT2D eigenvalue weighted by molar-refractivity contribution is 5.95. The van der Waals surface area contributed by atoms with Gasteiger partial charge in [-0.15, -0.1) is 0 Å². The minimum absolute atomic E-state index is 0.0293. The molecule has 1 saturated heterocycles. The number of hydrogen-bond acceptors (Lipinski definition) is 4. The van der Waals surface area contributed by atoms with Crippen LogP contribution >= 0.6 is 0 Å². The molecule has 2 heterocycles. The van der Waals surface area contributed by atoms with Crippen LogP contribution in [-0.4, -0.2) is 41.2 Å². The van der Waals surface area contributed by atoms with Gasteiger partial charge in [0, 0.05) is 12.8 Å². The molecule has 0 radical (unpaired) electrons. The predicted molar refractivity (Wildman–Crippen MR) is 57.9 cm³/mol. The van der Waals surface area contributed by atoms with Gasteiger partial charge in [-0.1, -0.05) is 0 Å². The van der Waals surface area contributed by atoms with Gasteiger partial charge >= 0.3 is 5.97 Å². The van der Waals surface area contributed by atoms with E-state index in [2.05, 4.69) is 10.3 Å². The number of amides is 1. The summed E-state index contributed by atoms with van der Waals surface area (Å²) in [5.74, 6) is -1.37. The topological polar surface area (TPSA) is 88.5 Å². The normalized spacial score (nSPS) is 18.9. The number of nitrogens with zero attached hydrogens (tertiary/aromatic N) is 1. The van der Waals surface area contributed by atoms with Crippen molar-refractivity contribution in [2.45, 2.75) is 12.5 Å². The maximum Gasteiger partial charge on any atom is 0.354 e. The van der Waals surface area contributed by atoms with Gasteiger partial charge in [-0.25, -0.2) is 9.78 Å². The molecule has 0 saturated carbocycles. The molecule has 90 valence electrons. The number of nitrogens with one attached hydrogen (secondary N) is 1. The summed E-state index contributed by atoms with van der Waals surface area (Å²) in [4.78, 5) is 26.0. The van der Waals surface area contributed by atoms with E-state index in [-0.39, 0.29) is 17.6 Å². The fourth-order valence-electron chi connectivity index (χ4n) is 1.57. The van der Waals surface area contributed by atoms with Crippen LogP contribution in [0.1, 0.15) is 27.3 Å². The molecule has 0 aromatic carbocycles. The SMILES string of the molecule is O=C(NC1CCOC1)c1ccc(C(=O)O)nc1. The summed E-state index contributed by atoms with van der Waals surface area (Å²) in [6.07, 6.45) is 2.06. The second kappa shape index (κ2) is 4.92. The van der Waals surface area contributed by atoms with E-state index >= 15 is 0 Å². The first kappa shape index (κ1) is 11.5. The molecule has 6 heteroatoms. The number of carboxylic acids is 1. The Morgan fingerprint density at radius 3 is 2.82 bits per heavy atom. The quantitative estimate of drug-likeness (QED) is 0.787. The minimum Gasteiger partial charge on any atom is -0.477 e. The lowest BCUT2D eigenvalue weighted by atomic mass is 10.2. The Hall–Kier alpha value is -1.95. The number of carboxylic acid groups (broad SMARTS) is 1. The third-order valence-corrected chi connectivity index (χ3v) is 2.51. The highest BCUT2D eigenvalue weighted by Crippen LogP contribution is 2.06. The third-order valence-electron chi connectivity index (χ3n) is 2.51. The summed E-state index contributed by atoms with van der Waals surface area (Å²) in [6, 6.07) is 2.78. The van der Waals surface area contributed by atoms with Crippen LogP contribution in [0.2, 0.25) is 0 Å². The van der Waals surface area contributed by atoms with E-state index in [0.29, 0.717) is 18.8 Å². The molecule has 1 amide bonds. The molecule has 0 bridgehead atoms. The summed E-state index contributed by atoms with van der Waals surface area (Å²) in [5, 5.41) is 11.5. The summed E-state index contributed by atoms with van der Waals surface area (Å²) in [5.41, 5.74) is 0.271. The Labute approximate surface area is 97.6 Å². The number of pyridine rings is 1. The molecular weight excluding hydrogens is 224 g/mol. The van der Waals surface area contributed by atoms with Gasteiger partial charge in [-0.05, 0) is 18.6 Å². The van der Waals surface area contributed by atoms with Crippen molar-refractivity contribution in [3.8, 4) is 0 Å². The Bertz CT molecular complexity index is 424. The van der Waals surface area contributed by atoms with Gasteiger partial charge in [0.1, 0.15) is 5.69 Å². The number of rotatable bonds is 3. The number of ether oxygens (including phenoxy) is 1. The van der Waals surface area contributed by atoms with Crippen LogP contribution < -0.4 is 5.32 Å². The molecule has 17 heavy (non-hydrogen) atoms. The van der Waals surface area contributed by atoms with Crippen molar-refractivity contribution in [3.05, 3.63) is 29.6 Å². The van der Waals surface area contributed by atoms with Crippen LogP contribution in [0, 0.1) is 0 Å². The van der Waals surface area contributed by atoms with E-state index in [1.54, 1.807) is 0 Å². The molecule has 6 nitrogen and oxygen atoms in total. The summed E-state index contributed by atoms with van der Waals surface area (Å²) >= 11 is 0. The predicted octanol–water partition coefficient (Wildman–Crippen LogP) is 0.298. The van der Waals surface area contributed by atoms with E-state index in [0.717, 1.165) is 6.42 Å². The van der Waals surface area contributed by atoms with E-state index in [4.69, 9.17) is 9.84 Å². The molecule has 1 aliphatic heterocycles. The van der Waals surface area contributed by atoms with E-state index in [9.17, 15) is 9.59 Å². The highest BCUT2D eigenvalue weighted by atomic mass is 16.5. The Morgan fingerprint density at radius 2 is 2.29 bits per heavy atom. The van der Waals surface area contributed by atoms with Crippen LogP contribution in [-0.2, 0) is 4.74 Å². The first-order valence-corrected chi connectivity index (χ1v) is 5.25. The highest BCUT2D eigenvalue weighted by Gasteiger charge is 2.18. The lowest BCUT2D eigenvalue weighted by Gasteiger charge is -2.10. The van der Waals surface area contributed by atoms with Gasteiger partial charge in [-0.2, -0.15) is 0 Å². The molecule has 1 aliphatic rings. The molecule has 2 N–H and O–H groups in total. The standard InChI is InChI=1S/C11H12N2O4/c14-10(13-8-3-4-17-6-8)7-1-2-9(11(15)16)12-5-7/h1-2,5,8H,3-4,6H2,(H,13,14)(H,15,16). The largest absolute Gasteiger partial charge is 0.477 e. The smallest absolute Gasteiger partial charge is 0.354 e. The van der Waals surface area contributed by atoms with Crippen molar-refractivity contribution >= 4 is 11.9 Å². The number of aromatic carboxylic acids is 1. The van der Waals surface area contributed by atoms with Crippen LogP contribution in [0.15, 0.2) is 18.3 Å². The van der Waals surface area contributed by atoms with Crippen molar-refractivity contribution in [2.24, 2.45) is 0 Å². The average Bonchev–Trinajstić information content (AvgIpc) is 2.82. The lowest BCUT2D eigenvalue weighted by Crippen LogP contribution is -2.35. The molecule has 2 rings (SSSR count). The first-order valence-electron chi connectivity index (χ1n) is 5.25. The van der Waals surface area contributed by atoms with Crippen LogP contribution in [0.25, 0.3) is 0 Å². The lowest BCUT2D eigenvalue weighted by molar-refractivity contribution is 0.0689. The zero-order valence-electron chi connectivity index (χ0n) is 9.05. The molecule has 1 atom stereocenters. The number of carbonyl (C=O) groups is 2. The fourth-order valence-corrected chi connectivity index (χ4v) is 1.57. The van der Waals surface area contributed by atoms with Crippen molar-refractivity contribution in [1.29, 1.82) is 0 Å². The molecule has 0 aliphatic carbocycles. The van der Waals surface area contributed by atoms with E-state index in [1.165, 1.54) is 18.3 Å². The van der Waals surface area contributed by atoms with Crippen LogP contribution in [0.3, 0.4) is 0 Å². The zero-order valence-corrected chi connectivity index (χ0v) is 9.05. The van der Waals surface area contributed by atoms with Gasteiger partial charge in [0.25, 0.3) is 5.91 Å². The molecule has 0 spiro atoms. The number of aromatic nitrogens is 1. The maximum absolute atomic E-state index is 11.7. The van der Waals surface area contributed by atoms with Gasteiger partial charge in [-0.3, -0.25) is 4.79 Å². The minimum atomic E-state index is -1.11. The monoisotopic (exact) mass is 236 g/mol. The van der Waals surface area contributed by atoms with Crippen molar-refractivity contribution in [1.82, 2.24) is 10.3 Å². The number of carbonyl (C=O) groups excluding carboxylic acids is 1. The Morgan fingerprint density at radius 1 is 1.47 bits per heavy atom. The van der Waals surface area contributed by atoms with Crippen LogP contribution in [0.5, 0.6) is 0 Å². The van der Waals surface area contributed by atoms with E-state index in [1.807, 2.05) is 0 Å². The third kappa shape index (κ3) is 2.79. The van der Waals surface area contributed by atoms with Crippen molar-refractivity contribution in [3.63, 3.8) is 0 Å². The average molecular weight is 236 g/mol. The second-order valence-electron chi connectivity index (χ2n) is 3.77. The Balaban J connectivity index is 2.01. The molecule has 1 unspecified atom stereocenters. The summed E-state index contributed by atoms with van der Waals surface area (Å²) in [7, 11) is 0. The fraction of sp³-hybridized carbons (Fsp3) is 0.364. The van der Waals surface area contributed by atoms with E-state index < -0.39 is 5.97 Å². The van der Waals surface area contributed by atoms with Crippen LogP contribution in [0.4, 0.5) is 0 Å². The number of hydrogen-bond donors (Lipinski definition) is 2. The summed E-state index contributed by atoms with van der Waals surface area (Å²) in [6.45, 7) is 1.17. The van der Waals surface area contributed by atoms with Crippen molar-refractivity contribution in [2.75, 3.05) is 13.2 Å². The first-order chi connectivity index (χ1) is 8.16. The zero-order chi connectivity index (χ0) is 12.3. The summed E-state index contributed by atoms with van der Waals surface area (Å²) < 4.78 is 5.14. The van der Waals surface area contributed by atoms with Crippen molar-refractivity contribution < 1.29 is 19.4 Å². The molecule has 1 fully saturated rings. The molecule has 1 aromatic heterocycles. The second-order valence-corrected chi connectivity index (χ2v) is 3.77. The molecule has 1 aromatic rings.